The number of nitrogens with one attached hydrogen (secondary N) is 1. The molecule has 0 aliphatic rings. The highest BCUT2D eigenvalue weighted by atomic mass is 16.4. The summed E-state index contributed by atoms with van der Waals surface area (Å²) in [7, 11) is 0. The molecule has 1 atom stereocenters. The molecule has 17 heavy (non-hydrogen) atoms. The van der Waals surface area contributed by atoms with Crippen LogP contribution in [0.2, 0.25) is 0 Å². The Kier molecular flexibility index (Phi) is 7.87. The molecule has 0 spiro atoms. The molecular weight excluding hydrogens is 218 g/mol. The van der Waals surface area contributed by atoms with Crippen molar-refractivity contribution in [2.75, 3.05) is 0 Å². The van der Waals surface area contributed by atoms with Crippen molar-refractivity contribution in [3.8, 4) is 12.3 Å². The van der Waals surface area contributed by atoms with Gasteiger partial charge in [-0.2, -0.15) is 0 Å². The molecule has 0 radical (unpaired) electrons. The van der Waals surface area contributed by atoms with Crippen molar-refractivity contribution in [1.82, 2.24) is 5.32 Å². The summed E-state index contributed by atoms with van der Waals surface area (Å²) < 4.78 is 0. The molecule has 2 N–H and O–H groups in total. The fraction of sp³-hybridized carbons (Fsp3) is 0.692. The Labute approximate surface area is 103 Å². The molecule has 0 rings (SSSR count). The summed E-state index contributed by atoms with van der Waals surface area (Å²) in [6.07, 6.45) is 8.03. The number of carboxylic acids is 1. The number of carbonyl (C=O) groups excluding carboxylic acids is 1. The van der Waals surface area contributed by atoms with Crippen molar-refractivity contribution in [2.45, 2.75) is 52.0 Å². The molecule has 1 amide bonds. The van der Waals surface area contributed by atoms with Crippen LogP contribution in [0.5, 0.6) is 0 Å². The van der Waals surface area contributed by atoms with Crippen LogP contribution in [0.1, 0.15) is 46.0 Å². The van der Waals surface area contributed by atoms with Crippen molar-refractivity contribution in [3.05, 3.63) is 0 Å². The zero-order chi connectivity index (χ0) is 13.3. The molecule has 0 unspecified atom stereocenters. The highest BCUT2D eigenvalue weighted by molar-refractivity contribution is 5.83. The topological polar surface area (TPSA) is 66.4 Å². The number of terminal acetylenes is 1. The van der Waals surface area contributed by atoms with Crippen LogP contribution < -0.4 is 5.32 Å². The van der Waals surface area contributed by atoms with E-state index in [1.54, 1.807) is 0 Å². The molecule has 0 aliphatic carbocycles. The average Bonchev–Trinajstić information content (AvgIpc) is 2.22. The maximum atomic E-state index is 11.5. The summed E-state index contributed by atoms with van der Waals surface area (Å²) in [5, 5.41) is 11.5. The quantitative estimate of drug-likeness (QED) is 0.501. The number of carboxylic acid groups (broad SMARTS) is 1. The second-order valence-electron chi connectivity index (χ2n) is 4.50. The van der Waals surface area contributed by atoms with Crippen LogP contribution >= 0.6 is 0 Å². The van der Waals surface area contributed by atoms with E-state index < -0.39 is 12.0 Å². The predicted octanol–water partition coefficient (Wildman–Crippen LogP) is 1.80. The van der Waals surface area contributed by atoms with Gasteiger partial charge < -0.3 is 10.4 Å². The zero-order valence-corrected chi connectivity index (χ0v) is 10.5. The largest absolute Gasteiger partial charge is 0.480 e. The summed E-state index contributed by atoms with van der Waals surface area (Å²) in [5.41, 5.74) is 0. The van der Waals surface area contributed by atoms with Crippen LogP contribution in [-0.4, -0.2) is 23.0 Å². The van der Waals surface area contributed by atoms with Crippen LogP contribution in [-0.2, 0) is 9.59 Å². The zero-order valence-electron chi connectivity index (χ0n) is 10.5. The first kappa shape index (κ1) is 15.5. The van der Waals surface area contributed by atoms with Crippen LogP contribution in [0.4, 0.5) is 0 Å². The molecule has 0 fully saturated rings. The Morgan fingerprint density at radius 2 is 2.00 bits per heavy atom. The second-order valence-corrected chi connectivity index (χ2v) is 4.50. The van der Waals surface area contributed by atoms with Crippen molar-refractivity contribution < 1.29 is 14.7 Å². The molecule has 0 aromatic heterocycles. The Hall–Kier alpha value is -1.50. The number of hydrogen-bond acceptors (Lipinski definition) is 2. The first-order valence-corrected chi connectivity index (χ1v) is 5.93. The van der Waals surface area contributed by atoms with Crippen molar-refractivity contribution in [3.63, 3.8) is 0 Å². The molecule has 4 heteroatoms. The third-order valence-corrected chi connectivity index (χ3v) is 2.32. The van der Waals surface area contributed by atoms with E-state index in [1.807, 2.05) is 13.8 Å². The van der Waals surface area contributed by atoms with E-state index in [0.29, 0.717) is 25.7 Å². The fourth-order valence-corrected chi connectivity index (χ4v) is 1.47. The smallest absolute Gasteiger partial charge is 0.326 e. The van der Waals surface area contributed by atoms with E-state index in [1.165, 1.54) is 0 Å². The van der Waals surface area contributed by atoms with Crippen molar-refractivity contribution >= 4 is 11.9 Å². The Morgan fingerprint density at radius 1 is 1.35 bits per heavy atom. The minimum Gasteiger partial charge on any atom is -0.480 e. The summed E-state index contributed by atoms with van der Waals surface area (Å²) in [6.45, 7) is 3.85. The van der Waals surface area contributed by atoms with Gasteiger partial charge in [0.25, 0.3) is 0 Å². The lowest BCUT2D eigenvalue weighted by Gasteiger charge is -2.16. The van der Waals surface area contributed by atoms with E-state index in [9.17, 15) is 9.59 Å². The minimum absolute atomic E-state index is 0.213. The average molecular weight is 239 g/mol. The number of rotatable bonds is 8. The molecule has 0 saturated heterocycles. The van der Waals surface area contributed by atoms with Gasteiger partial charge in [-0.3, -0.25) is 4.79 Å². The molecule has 0 saturated carbocycles. The summed E-state index contributed by atoms with van der Waals surface area (Å²) in [5.74, 6) is 1.55. The number of hydrogen-bond donors (Lipinski definition) is 2. The van der Waals surface area contributed by atoms with E-state index in [2.05, 4.69) is 11.2 Å². The van der Waals surface area contributed by atoms with E-state index in [0.717, 1.165) is 6.42 Å². The monoisotopic (exact) mass is 239 g/mol. The fourth-order valence-electron chi connectivity index (χ4n) is 1.47. The third kappa shape index (κ3) is 8.32. The molecule has 4 nitrogen and oxygen atoms in total. The standard InChI is InChI=1S/C13H21NO3/c1-4-5-6-7-8-12(15)14-11(13(16)17)9-10(2)3/h1,10-11H,5-9H2,2-3H3,(H,14,15)(H,16,17)/t11-/m0/s1. The maximum absolute atomic E-state index is 11.5. The number of carbonyl (C=O) groups is 2. The summed E-state index contributed by atoms with van der Waals surface area (Å²) in [4.78, 5) is 22.4. The highest BCUT2D eigenvalue weighted by Gasteiger charge is 2.20. The first-order chi connectivity index (χ1) is 7.97. The minimum atomic E-state index is -0.976. The lowest BCUT2D eigenvalue weighted by molar-refractivity contribution is -0.142. The first-order valence-electron chi connectivity index (χ1n) is 5.93. The molecule has 0 heterocycles. The van der Waals surface area contributed by atoms with Gasteiger partial charge in [-0.1, -0.05) is 13.8 Å². The molecule has 0 aromatic rings. The van der Waals surface area contributed by atoms with Crippen LogP contribution in [0, 0.1) is 18.3 Å². The molecule has 96 valence electrons. The number of amides is 1. The Balaban J connectivity index is 3.96. The van der Waals surface area contributed by atoms with E-state index >= 15 is 0 Å². The van der Waals surface area contributed by atoms with Gasteiger partial charge in [0.2, 0.25) is 5.91 Å². The lowest BCUT2D eigenvalue weighted by Crippen LogP contribution is -2.41. The van der Waals surface area contributed by atoms with Crippen LogP contribution in [0.25, 0.3) is 0 Å². The van der Waals surface area contributed by atoms with Crippen LogP contribution in [0.15, 0.2) is 0 Å². The summed E-state index contributed by atoms with van der Waals surface area (Å²) in [6, 6.07) is -0.782. The molecular formula is C13H21NO3. The normalized spacial score (nSPS) is 11.9. The van der Waals surface area contributed by atoms with E-state index in [-0.39, 0.29) is 11.8 Å². The van der Waals surface area contributed by atoms with Gasteiger partial charge in [0, 0.05) is 12.8 Å². The van der Waals surface area contributed by atoms with Gasteiger partial charge >= 0.3 is 5.97 Å². The van der Waals surface area contributed by atoms with Gasteiger partial charge in [-0.25, -0.2) is 4.79 Å². The predicted molar refractivity (Wildman–Crippen MR) is 66.3 cm³/mol. The van der Waals surface area contributed by atoms with Crippen molar-refractivity contribution in [1.29, 1.82) is 0 Å². The third-order valence-electron chi connectivity index (χ3n) is 2.32. The van der Waals surface area contributed by atoms with Gasteiger partial charge in [0.05, 0.1) is 0 Å². The molecule has 0 aromatic carbocycles. The van der Waals surface area contributed by atoms with Gasteiger partial charge in [0.15, 0.2) is 0 Å². The second kappa shape index (κ2) is 8.63. The van der Waals surface area contributed by atoms with Gasteiger partial charge in [0.1, 0.15) is 6.04 Å². The van der Waals surface area contributed by atoms with Crippen molar-refractivity contribution in [2.24, 2.45) is 5.92 Å². The SMILES string of the molecule is C#CCCCCC(=O)N[C@@H](CC(C)C)C(=O)O. The lowest BCUT2D eigenvalue weighted by atomic mass is 10.0. The molecule has 0 bridgehead atoms. The van der Waals surface area contributed by atoms with Crippen LogP contribution in [0.3, 0.4) is 0 Å². The maximum Gasteiger partial charge on any atom is 0.326 e. The Bertz CT molecular complexity index is 292. The van der Waals surface area contributed by atoms with Gasteiger partial charge in [-0.05, 0) is 25.2 Å². The highest BCUT2D eigenvalue weighted by Crippen LogP contribution is 2.06. The molecule has 0 aliphatic heterocycles. The van der Waals surface area contributed by atoms with E-state index in [4.69, 9.17) is 11.5 Å². The van der Waals surface area contributed by atoms with Gasteiger partial charge in [-0.15, -0.1) is 12.3 Å². The number of unbranched alkanes of at least 4 members (excludes halogenated alkanes) is 2. The summed E-state index contributed by atoms with van der Waals surface area (Å²) >= 11 is 0. The number of aliphatic carboxylic acids is 1. The Morgan fingerprint density at radius 3 is 2.47 bits per heavy atom.